The first-order chi connectivity index (χ1) is 21.5. The van der Waals surface area contributed by atoms with Gasteiger partial charge in [0.25, 0.3) is 10.0 Å². The lowest BCUT2D eigenvalue weighted by Gasteiger charge is -2.34. The average molecular weight is 630 g/mol. The Bertz CT molecular complexity index is 1710. The zero-order chi connectivity index (χ0) is 32.6. The lowest BCUT2D eigenvalue weighted by atomic mass is 10.0. The van der Waals surface area contributed by atoms with Crippen molar-refractivity contribution in [2.75, 3.05) is 17.4 Å². The highest BCUT2D eigenvalue weighted by Crippen LogP contribution is 2.27. The van der Waals surface area contributed by atoms with Crippen LogP contribution >= 0.6 is 0 Å². The first kappa shape index (κ1) is 33.4. The van der Waals surface area contributed by atoms with Crippen molar-refractivity contribution in [2.24, 2.45) is 0 Å². The van der Waals surface area contributed by atoms with Gasteiger partial charge in [0.1, 0.15) is 18.4 Å². The molecule has 0 saturated carbocycles. The van der Waals surface area contributed by atoms with Crippen molar-refractivity contribution >= 4 is 27.5 Å². The van der Waals surface area contributed by atoms with Crippen molar-refractivity contribution in [1.82, 2.24) is 10.2 Å². The summed E-state index contributed by atoms with van der Waals surface area (Å²) in [4.78, 5) is 29.6. The van der Waals surface area contributed by atoms with Gasteiger partial charge in [0.15, 0.2) is 0 Å². The van der Waals surface area contributed by atoms with E-state index in [2.05, 4.69) is 5.32 Å². The number of hydrogen-bond donors (Lipinski definition) is 1. The molecule has 1 N–H and O–H groups in total. The minimum atomic E-state index is -4.19. The monoisotopic (exact) mass is 629 g/mol. The standard InChI is InChI=1S/C36H40FN3O4S/c1-5-21-38-36(42)34(23-29-9-7-6-8-10-29)39(24-30-14-16-31(37)17-15-30)35(41)25-40(32-18-13-27(3)28(4)22-32)45(43,44)33-19-11-26(2)12-20-33/h6-20,22,34H,5,21,23-25H2,1-4H3,(H,38,42). The number of aryl methyl sites for hydroxylation is 3. The summed E-state index contributed by atoms with van der Waals surface area (Å²) in [5.74, 6) is -1.35. The van der Waals surface area contributed by atoms with Crippen LogP contribution < -0.4 is 9.62 Å². The van der Waals surface area contributed by atoms with E-state index in [0.717, 1.165) is 26.6 Å². The fourth-order valence-corrected chi connectivity index (χ4v) is 6.36. The van der Waals surface area contributed by atoms with Crippen molar-refractivity contribution in [1.29, 1.82) is 0 Å². The molecule has 1 atom stereocenters. The molecule has 0 bridgehead atoms. The van der Waals surface area contributed by atoms with E-state index >= 15 is 0 Å². The summed E-state index contributed by atoms with van der Waals surface area (Å²) in [7, 11) is -4.19. The number of rotatable bonds is 13. The van der Waals surface area contributed by atoms with Gasteiger partial charge in [-0.1, -0.05) is 73.2 Å². The van der Waals surface area contributed by atoms with Gasteiger partial charge in [-0.2, -0.15) is 0 Å². The average Bonchev–Trinajstić information content (AvgIpc) is 3.03. The molecule has 0 aliphatic heterocycles. The summed E-state index contributed by atoms with van der Waals surface area (Å²) < 4.78 is 43.3. The number of carbonyl (C=O) groups is 2. The maximum absolute atomic E-state index is 14.5. The molecule has 4 aromatic carbocycles. The molecular weight excluding hydrogens is 589 g/mol. The smallest absolute Gasteiger partial charge is 0.264 e. The summed E-state index contributed by atoms with van der Waals surface area (Å²) in [6.45, 7) is 7.45. The predicted octanol–water partition coefficient (Wildman–Crippen LogP) is 6.11. The Kier molecular flexibility index (Phi) is 11.1. The van der Waals surface area contributed by atoms with E-state index in [1.54, 1.807) is 36.4 Å². The lowest BCUT2D eigenvalue weighted by molar-refractivity contribution is -0.140. The number of sulfonamides is 1. The molecule has 0 aliphatic carbocycles. The second kappa shape index (κ2) is 15.0. The molecule has 0 fully saturated rings. The number of anilines is 1. The van der Waals surface area contributed by atoms with E-state index in [4.69, 9.17) is 0 Å². The Labute approximate surface area is 265 Å². The number of nitrogens with one attached hydrogen (secondary N) is 1. The van der Waals surface area contributed by atoms with Crippen LogP contribution in [0.4, 0.5) is 10.1 Å². The summed E-state index contributed by atoms with van der Waals surface area (Å²) in [5.41, 5.74) is 4.52. The fourth-order valence-electron chi connectivity index (χ4n) is 4.95. The third-order valence-corrected chi connectivity index (χ3v) is 9.54. The van der Waals surface area contributed by atoms with Crippen LogP contribution in [0.2, 0.25) is 0 Å². The zero-order valence-corrected chi connectivity index (χ0v) is 27.0. The molecule has 4 aromatic rings. The number of nitrogens with zero attached hydrogens (tertiary/aromatic N) is 2. The number of benzene rings is 4. The van der Waals surface area contributed by atoms with Crippen LogP contribution in [0.3, 0.4) is 0 Å². The van der Waals surface area contributed by atoms with E-state index in [1.807, 2.05) is 64.1 Å². The molecule has 45 heavy (non-hydrogen) atoms. The van der Waals surface area contributed by atoms with Gasteiger partial charge in [0.2, 0.25) is 11.8 Å². The van der Waals surface area contributed by atoms with Crippen LogP contribution in [-0.2, 0) is 32.6 Å². The number of amides is 2. The largest absolute Gasteiger partial charge is 0.354 e. The quantitative estimate of drug-likeness (QED) is 0.193. The normalized spacial score (nSPS) is 11.9. The molecule has 4 rings (SSSR count). The Hall–Kier alpha value is -4.50. The highest BCUT2D eigenvalue weighted by Gasteiger charge is 2.34. The second-order valence-corrected chi connectivity index (χ2v) is 13.1. The van der Waals surface area contributed by atoms with Crippen LogP contribution in [0.5, 0.6) is 0 Å². The van der Waals surface area contributed by atoms with Crippen LogP contribution in [0.1, 0.15) is 41.2 Å². The third kappa shape index (κ3) is 8.57. The maximum Gasteiger partial charge on any atom is 0.264 e. The van der Waals surface area contributed by atoms with Crippen LogP contribution in [0.15, 0.2) is 102 Å². The van der Waals surface area contributed by atoms with Gasteiger partial charge in [0.05, 0.1) is 10.6 Å². The topological polar surface area (TPSA) is 86.8 Å². The summed E-state index contributed by atoms with van der Waals surface area (Å²) >= 11 is 0. The summed E-state index contributed by atoms with van der Waals surface area (Å²) in [6, 6.07) is 25.8. The molecule has 0 aliphatic rings. The minimum Gasteiger partial charge on any atom is -0.354 e. The van der Waals surface area contributed by atoms with E-state index in [0.29, 0.717) is 24.2 Å². The fraction of sp³-hybridized carbons (Fsp3) is 0.278. The van der Waals surface area contributed by atoms with E-state index in [9.17, 15) is 22.4 Å². The predicted molar refractivity (Wildman–Crippen MR) is 176 cm³/mol. The van der Waals surface area contributed by atoms with Crippen molar-refractivity contribution in [3.8, 4) is 0 Å². The van der Waals surface area contributed by atoms with E-state index in [1.165, 1.54) is 29.2 Å². The van der Waals surface area contributed by atoms with Crippen LogP contribution in [0.25, 0.3) is 0 Å². The molecule has 236 valence electrons. The molecule has 0 spiro atoms. The number of hydrogen-bond acceptors (Lipinski definition) is 4. The third-order valence-electron chi connectivity index (χ3n) is 7.75. The van der Waals surface area contributed by atoms with E-state index in [-0.39, 0.29) is 23.8 Å². The molecule has 0 saturated heterocycles. The minimum absolute atomic E-state index is 0.0263. The van der Waals surface area contributed by atoms with E-state index < -0.39 is 34.3 Å². The Morgan fingerprint density at radius 3 is 2.11 bits per heavy atom. The Morgan fingerprint density at radius 2 is 1.49 bits per heavy atom. The molecule has 1 unspecified atom stereocenters. The van der Waals surface area contributed by atoms with Gasteiger partial charge in [-0.15, -0.1) is 0 Å². The van der Waals surface area contributed by atoms with Gasteiger partial charge in [0, 0.05) is 19.5 Å². The molecule has 0 radical (unpaired) electrons. The van der Waals surface area contributed by atoms with Gasteiger partial charge in [-0.05, 0) is 85.8 Å². The molecule has 9 heteroatoms. The number of halogens is 1. The van der Waals surface area contributed by atoms with Crippen LogP contribution in [-0.4, -0.2) is 44.3 Å². The molecule has 2 amide bonds. The molecule has 0 heterocycles. The summed E-state index contributed by atoms with van der Waals surface area (Å²) in [5, 5.41) is 2.92. The first-order valence-electron chi connectivity index (χ1n) is 15.0. The van der Waals surface area contributed by atoms with Gasteiger partial charge < -0.3 is 10.2 Å². The second-order valence-electron chi connectivity index (χ2n) is 11.2. The van der Waals surface area contributed by atoms with Crippen molar-refractivity contribution in [3.63, 3.8) is 0 Å². The molecule has 7 nitrogen and oxygen atoms in total. The van der Waals surface area contributed by atoms with Gasteiger partial charge in [-0.3, -0.25) is 13.9 Å². The highest BCUT2D eigenvalue weighted by atomic mass is 32.2. The van der Waals surface area contributed by atoms with Crippen molar-refractivity contribution in [2.45, 2.75) is 58.0 Å². The Morgan fingerprint density at radius 1 is 0.822 bits per heavy atom. The Balaban J connectivity index is 1.81. The molecular formula is C36H40FN3O4S. The SMILES string of the molecule is CCCNC(=O)C(Cc1ccccc1)N(Cc1ccc(F)cc1)C(=O)CN(c1ccc(C)c(C)c1)S(=O)(=O)c1ccc(C)cc1. The van der Waals surface area contributed by atoms with Gasteiger partial charge >= 0.3 is 0 Å². The maximum atomic E-state index is 14.5. The first-order valence-corrected chi connectivity index (χ1v) is 16.5. The zero-order valence-electron chi connectivity index (χ0n) is 26.2. The molecule has 0 aromatic heterocycles. The lowest BCUT2D eigenvalue weighted by Crippen LogP contribution is -2.53. The van der Waals surface area contributed by atoms with Gasteiger partial charge in [-0.25, -0.2) is 12.8 Å². The highest BCUT2D eigenvalue weighted by molar-refractivity contribution is 7.92. The van der Waals surface area contributed by atoms with Crippen molar-refractivity contribution < 1.29 is 22.4 Å². The van der Waals surface area contributed by atoms with Crippen molar-refractivity contribution in [3.05, 3.63) is 131 Å². The number of carbonyl (C=O) groups excluding carboxylic acids is 2. The summed E-state index contributed by atoms with van der Waals surface area (Å²) in [6.07, 6.45) is 0.905. The van der Waals surface area contributed by atoms with Crippen LogP contribution in [0, 0.1) is 26.6 Å².